The maximum atomic E-state index is 4.15. The summed E-state index contributed by atoms with van der Waals surface area (Å²) in [4.78, 5) is 0. The van der Waals surface area contributed by atoms with Crippen LogP contribution in [0.2, 0.25) is 0 Å². The molecule has 2 atom stereocenters. The Balaban J connectivity index is -0.000000411. The number of hydrogen-bond donors (Lipinski definition) is 1. The van der Waals surface area contributed by atoms with Crippen molar-refractivity contribution in [2.75, 3.05) is 13.6 Å². The highest BCUT2D eigenvalue weighted by molar-refractivity contribution is 5.12. The fourth-order valence-electron chi connectivity index (χ4n) is 8.46. The summed E-state index contributed by atoms with van der Waals surface area (Å²) in [5.41, 5.74) is 3.13. The largest absolute Gasteiger partial charge is 0.319 e. The Kier molecular flexibility index (Phi) is 58.2. The Hall–Kier alpha value is -1.52. The van der Waals surface area contributed by atoms with Crippen LogP contribution in [0.1, 0.15) is 280 Å². The van der Waals surface area contributed by atoms with E-state index in [9.17, 15) is 0 Å². The first-order valence-corrected chi connectivity index (χ1v) is 26.8. The molecule has 1 nitrogen and oxygen atoms in total. The van der Waals surface area contributed by atoms with Gasteiger partial charge in [0, 0.05) is 6.54 Å². The summed E-state index contributed by atoms with van der Waals surface area (Å²) in [7, 11) is 2.02. The van der Waals surface area contributed by atoms with Crippen molar-refractivity contribution in [2.24, 2.45) is 23.2 Å². The van der Waals surface area contributed by atoms with Crippen LogP contribution in [-0.2, 0) is 0 Å². The number of unbranched alkanes of at least 4 members (excludes halogenated alkanes) is 24. The fourth-order valence-corrected chi connectivity index (χ4v) is 8.46. The predicted molar refractivity (Wildman–Crippen MR) is 282 cm³/mol. The van der Waals surface area contributed by atoms with Crippen molar-refractivity contribution in [3.05, 3.63) is 49.6 Å². The monoisotopic (exact) mass is 838 g/mol. The first kappa shape index (κ1) is 65.1. The molecule has 0 aliphatic heterocycles. The van der Waals surface area contributed by atoms with E-state index in [4.69, 9.17) is 0 Å². The van der Waals surface area contributed by atoms with E-state index in [1.807, 2.05) is 33.0 Å². The van der Waals surface area contributed by atoms with Crippen LogP contribution in [0.25, 0.3) is 0 Å². The van der Waals surface area contributed by atoms with Crippen molar-refractivity contribution in [2.45, 2.75) is 280 Å². The highest BCUT2D eigenvalue weighted by Gasteiger charge is 2.45. The zero-order chi connectivity index (χ0) is 46.0. The van der Waals surface area contributed by atoms with E-state index < -0.39 is 0 Å². The van der Waals surface area contributed by atoms with Gasteiger partial charge in [-0.15, -0.1) is 12.8 Å². The summed E-state index contributed by atoms with van der Waals surface area (Å²) in [6.07, 6.45) is 61.0. The molecule has 0 amide bonds. The summed E-state index contributed by atoms with van der Waals surface area (Å²) >= 11 is 0. The Morgan fingerprint density at radius 2 is 0.733 bits per heavy atom. The second kappa shape index (κ2) is 53.6. The summed E-state index contributed by atoms with van der Waals surface area (Å²) < 4.78 is 0. The third-order valence-electron chi connectivity index (χ3n) is 12.9. The van der Waals surface area contributed by atoms with E-state index in [0.29, 0.717) is 5.41 Å². The van der Waals surface area contributed by atoms with Gasteiger partial charge < -0.3 is 5.32 Å². The maximum absolute atomic E-state index is 4.15. The molecule has 60 heavy (non-hydrogen) atoms. The zero-order valence-corrected chi connectivity index (χ0v) is 43.3. The molecule has 1 rings (SSSR count). The Bertz CT molecular complexity index is 800. The maximum Gasteiger partial charge on any atom is 0.000482 e. The smallest absolute Gasteiger partial charge is 0.000482 e. The van der Waals surface area contributed by atoms with Gasteiger partial charge in [0.05, 0.1) is 0 Å². The van der Waals surface area contributed by atoms with Crippen LogP contribution in [-0.4, -0.2) is 13.6 Å². The average Bonchev–Trinajstić information content (AvgIpc) is 3.87. The van der Waals surface area contributed by atoms with Crippen LogP contribution >= 0.6 is 0 Å². The van der Waals surface area contributed by atoms with Gasteiger partial charge in [-0.05, 0) is 49.5 Å². The minimum atomic E-state index is 0.648. The quantitative estimate of drug-likeness (QED) is 0.0368. The lowest BCUT2D eigenvalue weighted by Gasteiger charge is -2.17. The Morgan fingerprint density at radius 1 is 0.517 bits per heavy atom. The van der Waals surface area contributed by atoms with Gasteiger partial charge >= 0.3 is 0 Å². The van der Waals surface area contributed by atoms with Gasteiger partial charge in [-0.3, -0.25) is 0 Å². The third kappa shape index (κ3) is 49.1. The fraction of sp³-hybridized carbons (Fsp3) is 0.831. The third-order valence-corrected chi connectivity index (χ3v) is 12.9. The standard InChI is InChI=1S/2C24H46.C7H15N.C2H6.C2H2/c2*1-5-8-10-12-14-16-18-20-24(22-23(4)7-3)21-19-17-15-13-11-9-6-2;1-6-4-7(6,2)5-8-3;2*1-2/h2*7,24H,3-6,8-22H2,1-2H3;6,8H,4-5H2,1-3H3;1-2H3;1-2H. The van der Waals surface area contributed by atoms with Crippen molar-refractivity contribution in [3.63, 3.8) is 0 Å². The molecular weight excluding hydrogens is 723 g/mol. The average molecular weight is 839 g/mol. The van der Waals surface area contributed by atoms with E-state index >= 15 is 0 Å². The van der Waals surface area contributed by atoms with E-state index in [-0.39, 0.29) is 0 Å². The number of rotatable bonds is 40. The molecule has 1 aliphatic carbocycles. The van der Waals surface area contributed by atoms with Crippen LogP contribution in [0.5, 0.6) is 0 Å². The highest BCUT2D eigenvalue weighted by atomic mass is 14.9. The van der Waals surface area contributed by atoms with Crippen LogP contribution < -0.4 is 5.32 Å². The van der Waals surface area contributed by atoms with Gasteiger partial charge in [-0.2, -0.15) is 0 Å². The van der Waals surface area contributed by atoms with Crippen LogP contribution in [0.3, 0.4) is 0 Å². The van der Waals surface area contributed by atoms with E-state index in [0.717, 1.165) is 17.8 Å². The minimum absolute atomic E-state index is 0.648. The van der Waals surface area contributed by atoms with E-state index in [1.54, 1.807) is 0 Å². The normalized spacial score (nSPS) is 15.0. The van der Waals surface area contributed by atoms with Crippen LogP contribution in [0, 0.1) is 36.0 Å². The number of allylic oxidation sites excluding steroid dienone is 4. The van der Waals surface area contributed by atoms with Gasteiger partial charge in [-0.25, -0.2) is 0 Å². The second-order valence-electron chi connectivity index (χ2n) is 18.8. The molecule has 0 radical (unpaired) electrons. The van der Waals surface area contributed by atoms with Crippen molar-refractivity contribution in [1.29, 1.82) is 0 Å². The molecule has 1 N–H and O–H groups in total. The van der Waals surface area contributed by atoms with E-state index in [1.165, 1.54) is 242 Å². The zero-order valence-electron chi connectivity index (χ0n) is 43.3. The summed E-state index contributed by atoms with van der Waals surface area (Å²) in [6, 6.07) is 0. The first-order chi connectivity index (χ1) is 29.2. The summed E-state index contributed by atoms with van der Waals surface area (Å²) in [5, 5.41) is 3.20. The van der Waals surface area contributed by atoms with Gasteiger partial charge in [0.25, 0.3) is 0 Å². The molecular formula is C59H115N. The van der Waals surface area contributed by atoms with Gasteiger partial charge in [-0.1, -0.05) is 310 Å². The molecule has 0 aromatic heterocycles. The van der Waals surface area contributed by atoms with Crippen molar-refractivity contribution in [1.82, 2.24) is 5.32 Å². The molecule has 0 saturated heterocycles. The van der Waals surface area contributed by atoms with Crippen molar-refractivity contribution < 1.29 is 0 Å². The van der Waals surface area contributed by atoms with Gasteiger partial charge in [0.1, 0.15) is 0 Å². The second-order valence-corrected chi connectivity index (χ2v) is 18.8. The molecule has 0 aromatic rings. The minimum Gasteiger partial charge on any atom is -0.319 e. The Labute approximate surface area is 383 Å². The number of hydrogen-bond acceptors (Lipinski definition) is 1. The van der Waals surface area contributed by atoms with Crippen LogP contribution in [0.4, 0.5) is 0 Å². The molecule has 0 heterocycles. The predicted octanol–water partition coefficient (Wildman–Crippen LogP) is 20.6. The van der Waals surface area contributed by atoms with Gasteiger partial charge in [0.2, 0.25) is 0 Å². The van der Waals surface area contributed by atoms with Crippen molar-refractivity contribution >= 4 is 0 Å². The molecule has 0 bridgehead atoms. The lowest BCUT2D eigenvalue weighted by Crippen LogP contribution is -2.18. The number of nitrogens with one attached hydrogen (secondary N) is 1. The van der Waals surface area contributed by atoms with Crippen LogP contribution in [0.15, 0.2) is 49.6 Å². The summed E-state index contributed by atoms with van der Waals surface area (Å²) in [6.45, 7) is 35.1. The van der Waals surface area contributed by atoms with Gasteiger partial charge in [0.15, 0.2) is 0 Å². The molecule has 1 heteroatoms. The molecule has 0 spiro atoms. The molecule has 0 aromatic carbocycles. The lowest BCUT2D eigenvalue weighted by molar-refractivity contribution is 0.401. The number of terminal acetylenes is 1. The molecule has 1 saturated carbocycles. The highest BCUT2D eigenvalue weighted by Crippen LogP contribution is 2.50. The SMILES string of the molecule is C#C.C=CC(=C)CC(CCCCCCCCC)CCCCCCCCC.C=CC(=C)CC(CCCCCCCCC)CCCCCCCCC.CC.CNCC1(C)CC1C. The molecule has 1 fully saturated rings. The molecule has 356 valence electrons. The topological polar surface area (TPSA) is 12.0 Å². The first-order valence-electron chi connectivity index (χ1n) is 26.8. The van der Waals surface area contributed by atoms with Crippen molar-refractivity contribution in [3.8, 4) is 12.8 Å². The Morgan fingerprint density at radius 3 is 0.900 bits per heavy atom. The summed E-state index contributed by atoms with van der Waals surface area (Å²) in [5.74, 6) is 2.65. The van der Waals surface area contributed by atoms with E-state index in [2.05, 4.69) is 86.0 Å². The lowest BCUT2D eigenvalue weighted by atomic mass is 9.89. The molecule has 1 aliphatic rings. The molecule has 2 unspecified atom stereocenters.